The number of pyridine rings is 1. The van der Waals surface area contributed by atoms with Gasteiger partial charge in [-0.1, -0.05) is 6.92 Å². The molecule has 0 amide bonds. The van der Waals surface area contributed by atoms with Crippen molar-refractivity contribution in [2.75, 3.05) is 5.73 Å². The van der Waals surface area contributed by atoms with Crippen LogP contribution in [-0.4, -0.2) is 14.5 Å². The van der Waals surface area contributed by atoms with E-state index in [1.165, 1.54) is 0 Å². The lowest BCUT2D eigenvalue weighted by molar-refractivity contribution is 0.866. The Morgan fingerprint density at radius 2 is 2.20 bits per heavy atom. The van der Waals surface area contributed by atoms with E-state index < -0.39 is 0 Å². The van der Waals surface area contributed by atoms with E-state index in [-0.39, 0.29) is 0 Å². The standard InChI is InChI=1S/C11H14N4/c1-3-10-13-4-5-15(10)11-6-8(2)9(12)7-14-11/h4-7H,3,12H2,1-2H3. The van der Waals surface area contributed by atoms with Gasteiger partial charge in [-0.15, -0.1) is 0 Å². The number of nitrogens with zero attached hydrogens (tertiary/aromatic N) is 3. The summed E-state index contributed by atoms with van der Waals surface area (Å²) < 4.78 is 1.98. The van der Waals surface area contributed by atoms with Gasteiger partial charge in [0.2, 0.25) is 0 Å². The Morgan fingerprint density at radius 1 is 1.40 bits per heavy atom. The number of aryl methyl sites for hydroxylation is 2. The van der Waals surface area contributed by atoms with Gasteiger partial charge in [-0.3, -0.25) is 4.57 Å². The van der Waals surface area contributed by atoms with E-state index in [2.05, 4.69) is 16.9 Å². The van der Waals surface area contributed by atoms with Gasteiger partial charge in [0.05, 0.1) is 11.9 Å². The fourth-order valence-electron chi connectivity index (χ4n) is 1.49. The molecule has 0 unspecified atom stereocenters. The third-order valence-electron chi connectivity index (χ3n) is 2.42. The number of imidazole rings is 1. The fourth-order valence-corrected chi connectivity index (χ4v) is 1.49. The monoisotopic (exact) mass is 202 g/mol. The number of hydrogen-bond acceptors (Lipinski definition) is 3. The normalized spacial score (nSPS) is 10.5. The smallest absolute Gasteiger partial charge is 0.138 e. The maximum Gasteiger partial charge on any atom is 0.138 e. The van der Waals surface area contributed by atoms with Gasteiger partial charge < -0.3 is 5.73 Å². The van der Waals surface area contributed by atoms with Crippen LogP contribution in [0.1, 0.15) is 18.3 Å². The molecule has 0 atom stereocenters. The number of anilines is 1. The molecular weight excluding hydrogens is 188 g/mol. The van der Waals surface area contributed by atoms with Crippen LogP contribution >= 0.6 is 0 Å². The van der Waals surface area contributed by atoms with Gasteiger partial charge in [-0.25, -0.2) is 9.97 Å². The molecule has 0 aliphatic heterocycles. The van der Waals surface area contributed by atoms with Gasteiger partial charge >= 0.3 is 0 Å². The van der Waals surface area contributed by atoms with Crippen LogP contribution in [0.3, 0.4) is 0 Å². The zero-order valence-electron chi connectivity index (χ0n) is 8.94. The van der Waals surface area contributed by atoms with E-state index in [0.29, 0.717) is 0 Å². The molecule has 2 N–H and O–H groups in total. The first-order chi connectivity index (χ1) is 7.22. The molecule has 0 aliphatic carbocycles. The summed E-state index contributed by atoms with van der Waals surface area (Å²) in [5.74, 6) is 1.88. The predicted octanol–water partition coefficient (Wildman–Crippen LogP) is 1.72. The molecule has 0 spiro atoms. The van der Waals surface area contributed by atoms with Crippen molar-refractivity contribution in [2.24, 2.45) is 0 Å². The summed E-state index contributed by atoms with van der Waals surface area (Å²) in [5, 5.41) is 0. The zero-order chi connectivity index (χ0) is 10.8. The van der Waals surface area contributed by atoms with Crippen molar-refractivity contribution in [3.05, 3.63) is 36.0 Å². The largest absolute Gasteiger partial charge is 0.397 e. The van der Waals surface area contributed by atoms with Crippen molar-refractivity contribution in [3.8, 4) is 5.82 Å². The summed E-state index contributed by atoms with van der Waals surface area (Å²) in [5.41, 5.74) is 7.48. The number of rotatable bonds is 2. The Kier molecular flexibility index (Phi) is 2.41. The molecule has 0 saturated heterocycles. The highest BCUT2D eigenvalue weighted by atomic mass is 15.1. The van der Waals surface area contributed by atoms with E-state index in [9.17, 15) is 0 Å². The van der Waals surface area contributed by atoms with Gasteiger partial charge in [-0.2, -0.15) is 0 Å². The van der Waals surface area contributed by atoms with Crippen LogP contribution < -0.4 is 5.73 Å². The molecule has 2 aromatic heterocycles. The van der Waals surface area contributed by atoms with E-state index in [0.717, 1.165) is 29.3 Å². The maximum atomic E-state index is 5.73. The molecule has 0 bridgehead atoms. The van der Waals surface area contributed by atoms with E-state index in [4.69, 9.17) is 5.73 Å². The number of aromatic nitrogens is 3. The molecule has 78 valence electrons. The third-order valence-corrected chi connectivity index (χ3v) is 2.42. The molecule has 2 heterocycles. The molecular formula is C11H14N4. The highest BCUT2D eigenvalue weighted by Crippen LogP contribution is 2.14. The van der Waals surface area contributed by atoms with E-state index in [1.54, 1.807) is 12.4 Å². The van der Waals surface area contributed by atoms with Crippen molar-refractivity contribution in [1.82, 2.24) is 14.5 Å². The average Bonchev–Trinajstić information content (AvgIpc) is 2.70. The lowest BCUT2D eigenvalue weighted by atomic mass is 10.2. The first-order valence-electron chi connectivity index (χ1n) is 4.97. The summed E-state index contributed by atoms with van der Waals surface area (Å²) in [6.45, 7) is 4.05. The van der Waals surface area contributed by atoms with Crippen molar-refractivity contribution < 1.29 is 0 Å². The summed E-state index contributed by atoms with van der Waals surface area (Å²) in [6, 6.07) is 1.97. The molecule has 2 aromatic rings. The zero-order valence-corrected chi connectivity index (χ0v) is 8.94. The van der Waals surface area contributed by atoms with Gasteiger partial charge in [0.25, 0.3) is 0 Å². The highest BCUT2D eigenvalue weighted by molar-refractivity contribution is 5.47. The Balaban J connectivity index is 2.50. The second-order valence-corrected chi connectivity index (χ2v) is 3.47. The molecule has 0 aliphatic rings. The fraction of sp³-hybridized carbons (Fsp3) is 0.273. The van der Waals surface area contributed by atoms with Crippen molar-refractivity contribution in [2.45, 2.75) is 20.3 Å². The molecule has 0 fully saturated rings. The van der Waals surface area contributed by atoms with Gasteiger partial charge in [0.1, 0.15) is 11.6 Å². The van der Waals surface area contributed by atoms with Crippen molar-refractivity contribution in [3.63, 3.8) is 0 Å². The summed E-state index contributed by atoms with van der Waals surface area (Å²) >= 11 is 0. The molecule has 0 radical (unpaired) electrons. The Morgan fingerprint density at radius 3 is 2.87 bits per heavy atom. The van der Waals surface area contributed by atoms with Crippen molar-refractivity contribution in [1.29, 1.82) is 0 Å². The lowest BCUT2D eigenvalue weighted by Gasteiger charge is -2.07. The maximum absolute atomic E-state index is 5.73. The molecule has 4 heteroatoms. The van der Waals surface area contributed by atoms with Crippen LogP contribution in [-0.2, 0) is 6.42 Å². The Bertz CT molecular complexity index is 473. The van der Waals surface area contributed by atoms with E-state index >= 15 is 0 Å². The van der Waals surface area contributed by atoms with Crippen LogP contribution in [0.2, 0.25) is 0 Å². The minimum absolute atomic E-state index is 0.719. The number of nitrogen functional groups attached to an aromatic ring is 1. The van der Waals surface area contributed by atoms with Crippen LogP contribution in [0.4, 0.5) is 5.69 Å². The summed E-state index contributed by atoms with van der Waals surface area (Å²) in [4.78, 5) is 8.54. The third kappa shape index (κ3) is 1.70. The SMILES string of the molecule is CCc1nccn1-c1cc(C)c(N)cn1. The van der Waals surface area contributed by atoms with Crippen LogP contribution in [0.25, 0.3) is 5.82 Å². The highest BCUT2D eigenvalue weighted by Gasteiger charge is 2.04. The number of nitrogens with two attached hydrogens (primary N) is 1. The van der Waals surface area contributed by atoms with Crippen LogP contribution in [0, 0.1) is 6.92 Å². The van der Waals surface area contributed by atoms with Gasteiger partial charge in [-0.05, 0) is 18.6 Å². The molecule has 2 rings (SSSR count). The predicted molar refractivity (Wildman–Crippen MR) is 59.9 cm³/mol. The molecule has 0 aromatic carbocycles. The lowest BCUT2D eigenvalue weighted by Crippen LogP contribution is -2.03. The number of hydrogen-bond donors (Lipinski definition) is 1. The Labute approximate surface area is 88.8 Å². The van der Waals surface area contributed by atoms with Crippen LogP contribution in [0.15, 0.2) is 24.7 Å². The second kappa shape index (κ2) is 3.73. The molecule has 0 saturated carbocycles. The second-order valence-electron chi connectivity index (χ2n) is 3.47. The van der Waals surface area contributed by atoms with Crippen LogP contribution in [0.5, 0.6) is 0 Å². The minimum Gasteiger partial charge on any atom is -0.397 e. The molecule has 4 nitrogen and oxygen atoms in total. The van der Waals surface area contributed by atoms with Crippen molar-refractivity contribution >= 4 is 5.69 Å². The van der Waals surface area contributed by atoms with E-state index in [1.807, 2.05) is 23.8 Å². The first-order valence-corrected chi connectivity index (χ1v) is 4.97. The van der Waals surface area contributed by atoms with Gasteiger partial charge in [0.15, 0.2) is 0 Å². The topological polar surface area (TPSA) is 56.7 Å². The minimum atomic E-state index is 0.719. The molecule has 15 heavy (non-hydrogen) atoms. The quantitative estimate of drug-likeness (QED) is 0.806. The summed E-state index contributed by atoms with van der Waals surface area (Å²) in [6.07, 6.45) is 6.27. The average molecular weight is 202 g/mol. The Hall–Kier alpha value is -1.84. The summed E-state index contributed by atoms with van der Waals surface area (Å²) in [7, 11) is 0. The van der Waals surface area contributed by atoms with Gasteiger partial charge in [0, 0.05) is 18.8 Å². The first kappa shape index (κ1) is 9.71.